The summed E-state index contributed by atoms with van der Waals surface area (Å²) in [7, 11) is 0. The second-order valence-corrected chi connectivity index (χ2v) is 5.72. The van der Waals surface area contributed by atoms with Crippen molar-refractivity contribution in [2.24, 2.45) is 0 Å². The van der Waals surface area contributed by atoms with E-state index in [9.17, 15) is 0 Å². The summed E-state index contributed by atoms with van der Waals surface area (Å²) >= 11 is 5.00. The van der Waals surface area contributed by atoms with Gasteiger partial charge in [0.25, 0.3) is 0 Å². The standard InChI is InChI=1S/C11H12BrN3S/c12-8-6-9-10(13-7-8)11(16-14-9)15-4-2-1-3-5-15/h6-7H,1-5H2. The van der Waals surface area contributed by atoms with E-state index < -0.39 is 0 Å². The molecule has 84 valence electrons. The number of fused-ring (bicyclic) bond motifs is 1. The Hall–Kier alpha value is -0.680. The van der Waals surface area contributed by atoms with E-state index in [1.54, 1.807) is 11.5 Å². The maximum absolute atomic E-state index is 4.48. The summed E-state index contributed by atoms with van der Waals surface area (Å²) in [5.74, 6) is 0. The van der Waals surface area contributed by atoms with Crippen molar-refractivity contribution in [2.75, 3.05) is 18.0 Å². The van der Waals surface area contributed by atoms with Crippen molar-refractivity contribution in [1.29, 1.82) is 0 Å². The fraction of sp³-hybridized carbons (Fsp3) is 0.455. The van der Waals surface area contributed by atoms with Gasteiger partial charge in [-0.15, -0.1) is 0 Å². The Morgan fingerprint density at radius 3 is 2.88 bits per heavy atom. The number of hydrogen-bond acceptors (Lipinski definition) is 4. The minimum Gasteiger partial charge on any atom is -0.360 e. The van der Waals surface area contributed by atoms with Gasteiger partial charge in [-0.05, 0) is 52.8 Å². The van der Waals surface area contributed by atoms with E-state index in [0.717, 1.165) is 28.6 Å². The van der Waals surface area contributed by atoms with Crippen molar-refractivity contribution in [3.05, 3.63) is 16.7 Å². The highest BCUT2D eigenvalue weighted by molar-refractivity contribution is 9.10. The summed E-state index contributed by atoms with van der Waals surface area (Å²) in [6.07, 6.45) is 5.78. The van der Waals surface area contributed by atoms with Crippen molar-refractivity contribution in [3.8, 4) is 0 Å². The lowest BCUT2D eigenvalue weighted by Gasteiger charge is -2.26. The van der Waals surface area contributed by atoms with Gasteiger partial charge in [0.05, 0.1) is 0 Å². The number of hydrogen-bond donors (Lipinski definition) is 0. The summed E-state index contributed by atoms with van der Waals surface area (Å²) < 4.78 is 5.46. The highest BCUT2D eigenvalue weighted by atomic mass is 79.9. The molecule has 1 saturated heterocycles. The van der Waals surface area contributed by atoms with E-state index in [1.807, 2.05) is 12.3 Å². The highest BCUT2D eigenvalue weighted by Gasteiger charge is 2.17. The summed E-state index contributed by atoms with van der Waals surface area (Å²) in [5.41, 5.74) is 2.05. The molecule has 0 amide bonds. The molecule has 1 aliphatic heterocycles. The predicted octanol–water partition coefficient (Wildman–Crippen LogP) is 3.44. The van der Waals surface area contributed by atoms with Crippen LogP contribution in [0, 0.1) is 0 Å². The molecule has 0 aliphatic carbocycles. The van der Waals surface area contributed by atoms with Gasteiger partial charge < -0.3 is 4.90 Å². The van der Waals surface area contributed by atoms with E-state index in [0.29, 0.717) is 0 Å². The molecule has 0 N–H and O–H groups in total. The Kier molecular flexibility index (Phi) is 2.81. The quantitative estimate of drug-likeness (QED) is 0.807. The molecule has 0 saturated carbocycles. The number of halogens is 1. The van der Waals surface area contributed by atoms with Crippen molar-refractivity contribution >= 4 is 43.5 Å². The topological polar surface area (TPSA) is 29.0 Å². The largest absolute Gasteiger partial charge is 0.360 e. The van der Waals surface area contributed by atoms with Crippen LogP contribution in [0.1, 0.15) is 19.3 Å². The molecule has 16 heavy (non-hydrogen) atoms. The second kappa shape index (κ2) is 4.30. The zero-order valence-corrected chi connectivity index (χ0v) is 11.2. The van der Waals surface area contributed by atoms with Gasteiger partial charge in [0.1, 0.15) is 16.0 Å². The number of nitrogens with zero attached hydrogens (tertiary/aromatic N) is 3. The lowest BCUT2D eigenvalue weighted by Crippen LogP contribution is -2.28. The van der Waals surface area contributed by atoms with Crippen LogP contribution in [0.5, 0.6) is 0 Å². The van der Waals surface area contributed by atoms with Gasteiger partial charge in [-0.1, -0.05) is 0 Å². The molecule has 2 aromatic heterocycles. The predicted molar refractivity (Wildman–Crippen MR) is 71.2 cm³/mol. The second-order valence-electron chi connectivity index (χ2n) is 4.06. The zero-order chi connectivity index (χ0) is 11.0. The molecule has 2 aromatic rings. The summed E-state index contributed by atoms with van der Waals surface area (Å²) in [6, 6.07) is 2.03. The lowest BCUT2D eigenvalue weighted by atomic mass is 10.1. The van der Waals surface area contributed by atoms with E-state index in [-0.39, 0.29) is 0 Å². The van der Waals surface area contributed by atoms with E-state index >= 15 is 0 Å². The van der Waals surface area contributed by atoms with Crippen LogP contribution in [0.4, 0.5) is 5.00 Å². The smallest absolute Gasteiger partial charge is 0.138 e. The minimum absolute atomic E-state index is 0.996. The fourth-order valence-electron chi connectivity index (χ4n) is 2.10. The highest BCUT2D eigenvalue weighted by Crippen LogP contribution is 2.32. The number of anilines is 1. The first-order chi connectivity index (χ1) is 7.84. The molecule has 3 heterocycles. The average Bonchev–Trinajstić information content (AvgIpc) is 2.73. The van der Waals surface area contributed by atoms with E-state index in [2.05, 4.69) is 30.2 Å². The molecule has 0 bridgehead atoms. The van der Waals surface area contributed by atoms with Crippen molar-refractivity contribution in [2.45, 2.75) is 19.3 Å². The van der Waals surface area contributed by atoms with Gasteiger partial charge in [0.2, 0.25) is 0 Å². The molecule has 1 aliphatic rings. The summed E-state index contributed by atoms with van der Waals surface area (Å²) in [6.45, 7) is 2.30. The van der Waals surface area contributed by atoms with Crippen molar-refractivity contribution in [1.82, 2.24) is 9.36 Å². The molecule has 3 nitrogen and oxygen atoms in total. The Balaban J connectivity index is 2.03. The van der Waals surface area contributed by atoms with Crippen LogP contribution in [0.25, 0.3) is 11.0 Å². The van der Waals surface area contributed by atoms with Gasteiger partial charge in [0, 0.05) is 23.8 Å². The number of piperidine rings is 1. The molecule has 5 heteroatoms. The molecule has 0 spiro atoms. The van der Waals surface area contributed by atoms with Crippen LogP contribution in [0.2, 0.25) is 0 Å². The maximum atomic E-state index is 4.48. The van der Waals surface area contributed by atoms with Gasteiger partial charge in [-0.2, -0.15) is 4.37 Å². The molecule has 0 atom stereocenters. The van der Waals surface area contributed by atoms with Crippen LogP contribution in [-0.2, 0) is 0 Å². The normalized spacial score (nSPS) is 16.9. The Bertz CT molecular complexity index is 505. The molecule has 0 radical (unpaired) electrons. The Labute approximate surface area is 107 Å². The SMILES string of the molecule is Brc1cnc2c(N3CCCCC3)snc2c1. The summed E-state index contributed by atoms with van der Waals surface area (Å²) in [5, 5.41) is 1.24. The summed E-state index contributed by atoms with van der Waals surface area (Å²) in [4.78, 5) is 6.90. The molecule has 1 fully saturated rings. The average molecular weight is 298 g/mol. The number of rotatable bonds is 1. The third kappa shape index (κ3) is 1.82. The van der Waals surface area contributed by atoms with E-state index in [1.165, 1.54) is 24.3 Å². The van der Waals surface area contributed by atoms with E-state index in [4.69, 9.17) is 0 Å². The van der Waals surface area contributed by atoms with Gasteiger partial charge in [0.15, 0.2) is 0 Å². The van der Waals surface area contributed by atoms with Gasteiger partial charge in [-0.25, -0.2) is 0 Å². The lowest BCUT2D eigenvalue weighted by molar-refractivity contribution is 0.581. The zero-order valence-electron chi connectivity index (χ0n) is 8.82. The number of aromatic nitrogens is 2. The van der Waals surface area contributed by atoms with Crippen LogP contribution < -0.4 is 4.90 Å². The van der Waals surface area contributed by atoms with Crippen molar-refractivity contribution in [3.63, 3.8) is 0 Å². The first-order valence-corrected chi connectivity index (χ1v) is 7.07. The molecule has 3 rings (SSSR count). The van der Waals surface area contributed by atoms with Crippen LogP contribution in [0.3, 0.4) is 0 Å². The first kappa shape index (κ1) is 10.5. The van der Waals surface area contributed by atoms with Crippen molar-refractivity contribution < 1.29 is 0 Å². The minimum atomic E-state index is 0.996. The van der Waals surface area contributed by atoms with Crippen LogP contribution in [-0.4, -0.2) is 22.4 Å². The third-order valence-corrected chi connectivity index (χ3v) is 4.26. The monoisotopic (exact) mass is 297 g/mol. The fourth-order valence-corrected chi connectivity index (χ4v) is 3.29. The Morgan fingerprint density at radius 1 is 1.25 bits per heavy atom. The molecular formula is C11H12BrN3S. The van der Waals surface area contributed by atoms with Gasteiger partial charge >= 0.3 is 0 Å². The molecule has 0 unspecified atom stereocenters. The third-order valence-electron chi connectivity index (χ3n) is 2.91. The molecular weight excluding hydrogens is 286 g/mol. The first-order valence-electron chi connectivity index (χ1n) is 5.50. The number of pyridine rings is 1. The van der Waals surface area contributed by atoms with Crippen LogP contribution >= 0.6 is 27.5 Å². The van der Waals surface area contributed by atoms with Gasteiger partial charge in [-0.3, -0.25) is 4.98 Å². The maximum Gasteiger partial charge on any atom is 0.138 e. The Morgan fingerprint density at radius 2 is 2.06 bits per heavy atom. The van der Waals surface area contributed by atoms with Crippen LogP contribution in [0.15, 0.2) is 16.7 Å². The molecule has 0 aromatic carbocycles.